The van der Waals surface area contributed by atoms with E-state index >= 15 is 0 Å². The van der Waals surface area contributed by atoms with Crippen LogP contribution in [0, 0.1) is 13.8 Å². The molecule has 0 aliphatic carbocycles. The lowest BCUT2D eigenvalue weighted by Crippen LogP contribution is -2.19. The topological polar surface area (TPSA) is 53.1 Å². The molecule has 0 aliphatic rings. The van der Waals surface area contributed by atoms with Crippen LogP contribution in [0.4, 0.5) is 0 Å². The molecule has 0 fully saturated rings. The van der Waals surface area contributed by atoms with Crippen LogP contribution >= 0.6 is 15.9 Å². The second-order valence-electron chi connectivity index (χ2n) is 5.58. The number of ether oxygens (including phenoxy) is 1. The molecule has 0 spiro atoms. The summed E-state index contributed by atoms with van der Waals surface area (Å²) < 4.78 is 8.48. The fourth-order valence-corrected chi connectivity index (χ4v) is 2.77. The van der Waals surface area contributed by atoms with Crippen molar-refractivity contribution in [2.45, 2.75) is 39.8 Å². The molecule has 0 saturated carbocycles. The van der Waals surface area contributed by atoms with Crippen molar-refractivity contribution in [3.05, 3.63) is 45.2 Å². The minimum absolute atomic E-state index is 0.229. The van der Waals surface area contributed by atoms with E-state index in [-0.39, 0.29) is 12.1 Å². The zero-order valence-corrected chi connectivity index (χ0v) is 14.7. The van der Waals surface area contributed by atoms with E-state index in [1.165, 1.54) is 11.1 Å². The molecule has 5 heteroatoms. The fraction of sp³-hybridized carbons (Fsp3) is 0.438. The number of hydrogen-bond donors (Lipinski definition) is 1. The van der Waals surface area contributed by atoms with Gasteiger partial charge in [0.15, 0.2) is 5.75 Å². The third-order valence-electron chi connectivity index (χ3n) is 3.62. The van der Waals surface area contributed by atoms with Crippen LogP contribution in [-0.4, -0.2) is 16.9 Å². The molecular formula is C16H22BrN3O. The average Bonchev–Trinajstić information content (AvgIpc) is 2.87. The van der Waals surface area contributed by atoms with Gasteiger partial charge in [-0.2, -0.15) is 5.10 Å². The molecule has 0 radical (unpaired) electrons. The molecule has 1 heterocycles. The molecule has 2 rings (SSSR count). The molecule has 1 unspecified atom stereocenters. The van der Waals surface area contributed by atoms with Gasteiger partial charge in [-0.1, -0.05) is 28.1 Å². The molecule has 114 valence electrons. The molecule has 0 aliphatic heterocycles. The summed E-state index contributed by atoms with van der Waals surface area (Å²) in [6, 6.07) is 4.18. The minimum Gasteiger partial charge on any atom is -0.493 e. The predicted molar refractivity (Wildman–Crippen MR) is 88.8 cm³/mol. The van der Waals surface area contributed by atoms with Crippen LogP contribution in [0.25, 0.3) is 0 Å². The van der Waals surface area contributed by atoms with Gasteiger partial charge in [0.25, 0.3) is 0 Å². The number of nitrogens with zero attached hydrogens (tertiary/aromatic N) is 2. The first-order valence-corrected chi connectivity index (χ1v) is 7.79. The Hall–Kier alpha value is -1.33. The molecule has 2 N–H and O–H groups in total. The van der Waals surface area contributed by atoms with E-state index in [1.54, 1.807) is 13.3 Å². The Kier molecular flexibility index (Phi) is 4.74. The summed E-state index contributed by atoms with van der Waals surface area (Å²) in [5, 5.41) is 4.40. The van der Waals surface area contributed by atoms with Crippen molar-refractivity contribution in [3.63, 3.8) is 0 Å². The zero-order valence-electron chi connectivity index (χ0n) is 13.1. The van der Waals surface area contributed by atoms with Crippen LogP contribution in [0.15, 0.2) is 22.8 Å². The van der Waals surface area contributed by atoms with E-state index < -0.39 is 0 Å². The van der Waals surface area contributed by atoms with Gasteiger partial charge in [-0.25, -0.2) is 0 Å². The van der Waals surface area contributed by atoms with Gasteiger partial charge in [-0.15, -0.1) is 0 Å². The van der Waals surface area contributed by atoms with Crippen molar-refractivity contribution in [2.75, 3.05) is 7.11 Å². The summed E-state index contributed by atoms with van der Waals surface area (Å²) in [5.74, 6) is 0.731. The molecule has 0 amide bonds. The maximum Gasteiger partial charge on any atom is 0.161 e. The number of hydrogen-bond acceptors (Lipinski definition) is 3. The van der Waals surface area contributed by atoms with Gasteiger partial charge in [0, 0.05) is 10.5 Å². The third-order valence-corrected chi connectivity index (χ3v) is 4.87. The number of benzene rings is 1. The zero-order chi connectivity index (χ0) is 15.7. The standard InChI is InChI=1S/C16H22BrN3O/c1-9(2)20-16(13(21-5)8-19-20)15(18)12-6-10(3)14(17)11(4)7-12/h6-9,15H,18H2,1-5H3. The summed E-state index contributed by atoms with van der Waals surface area (Å²) in [7, 11) is 1.65. The van der Waals surface area contributed by atoms with Crippen LogP contribution in [0.5, 0.6) is 5.75 Å². The summed E-state index contributed by atoms with van der Waals surface area (Å²) in [6.07, 6.45) is 1.73. The summed E-state index contributed by atoms with van der Waals surface area (Å²) in [4.78, 5) is 0. The van der Waals surface area contributed by atoms with E-state index in [2.05, 4.69) is 60.9 Å². The number of aryl methyl sites for hydroxylation is 2. The van der Waals surface area contributed by atoms with Crippen molar-refractivity contribution in [1.82, 2.24) is 9.78 Å². The predicted octanol–water partition coefficient (Wildman–Crippen LogP) is 3.90. The molecule has 21 heavy (non-hydrogen) atoms. The summed E-state index contributed by atoms with van der Waals surface area (Å²) >= 11 is 3.59. The normalized spacial score (nSPS) is 12.8. The van der Waals surface area contributed by atoms with Crippen molar-refractivity contribution >= 4 is 15.9 Å². The van der Waals surface area contributed by atoms with Gasteiger partial charge >= 0.3 is 0 Å². The maximum absolute atomic E-state index is 6.51. The lowest BCUT2D eigenvalue weighted by Gasteiger charge is -2.19. The first kappa shape index (κ1) is 16.0. The number of rotatable bonds is 4. The number of nitrogens with two attached hydrogens (primary N) is 1. The van der Waals surface area contributed by atoms with E-state index in [0.29, 0.717) is 0 Å². The third kappa shape index (κ3) is 2.99. The van der Waals surface area contributed by atoms with Crippen LogP contribution < -0.4 is 10.5 Å². The van der Waals surface area contributed by atoms with Gasteiger partial charge in [-0.3, -0.25) is 4.68 Å². The molecule has 2 aromatic rings. The van der Waals surface area contributed by atoms with Gasteiger partial charge in [0.1, 0.15) is 5.69 Å². The lowest BCUT2D eigenvalue weighted by atomic mass is 9.99. The Labute approximate surface area is 134 Å². The highest BCUT2D eigenvalue weighted by atomic mass is 79.9. The highest BCUT2D eigenvalue weighted by molar-refractivity contribution is 9.10. The Morgan fingerprint density at radius 1 is 1.24 bits per heavy atom. The molecule has 0 bridgehead atoms. The molecular weight excluding hydrogens is 330 g/mol. The van der Waals surface area contributed by atoms with Gasteiger partial charge in [0.2, 0.25) is 0 Å². The van der Waals surface area contributed by atoms with Crippen molar-refractivity contribution in [2.24, 2.45) is 5.73 Å². The van der Waals surface area contributed by atoms with Crippen LogP contribution in [-0.2, 0) is 0 Å². The van der Waals surface area contributed by atoms with Crippen molar-refractivity contribution in [1.29, 1.82) is 0 Å². The first-order valence-electron chi connectivity index (χ1n) is 7.00. The number of aromatic nitrogens is 2. The van der Waals surface area contributed by atoms with E-state index in [0.717, 1.165) is 21.5 Å². The van der Waals surface area contributed by atoms with E-state index in [9.17, 15) is 0 Å². The molecule has 1 aromatic heterocycles. The quantitative estimate of drug-likeness (QED) is 0.908. The number of halogens is 1. The van der Waals surface area contributed by atoms with Crippen molar-refractivity contribution < 1.29 is 4.74 Å². The average molecular weight is 352 g/mol. The van der Waals surface area contributed by atoms with Gasteiger partial charge in [0.05, 0.1) is 19.3 Å². The molecule has 0 saturated heterocycles. The highest BCUT2D eigenvalue weighted by Crippen LogP contribution is 2.32. The van der Waals surface area contributed by atoms with E-state index in [1.807, 2.05) is 4.68 Å². The van der Waals surface area contributed by atoms with Crippen LogP contribution in [0.3, 0.4) is 0 Å². The Bertz CT molecular complexity index is 626. The van der Waals surface area contributed by atoms with E-state index in [4.69, 9.17) is 10.5 Å². The molecule has 1 aromatic carbocycles. The molecule has 1 atom stereocenters. The molecule has 4 nitrogen and oxygen atoms in total. The van der Waals surface area contributed by atoms with Gasteiger partial charge in [-0.05, 0) is 44.4 Å². The second kappa shape index (κ2) is 6.20. The van der Waals surface area contributed by atoms with Gasteiger partial charge < -0.3 is 10.5 Å². The lowest BCUT2D eigenvalue weighted by molar-refractivity contribution is 0.401. The second-order valence-corrected chi connectivity index (χ2v) is 6.38. The highest BCUT2D eigenvalue weighted by Gasteiger charge is 2.22. The smallest absolute Gasteiger partial charge is 0.161 e. The first-order chi connectivity index (χ1) is 9.86. The number of methoxy groups -OCH3 is 1. The Balaban J connectivity index is 2.54. The SMILES string of the molecule is COc1cnn(C(C)C)c1C(N)c1cc(C)c(Br)c(C)c1. The minimum atomic E-state index is -0.268. The summed E-state index contributed by atoms with van der Waals surface area (Å²) in [6.45, 7) is 8.32. The Morgan fingerprint density at radius 3 is 2.29 bits per heavy atom. The monoisotopic (exact) mass is 351 g/mol. The van der Waals surface area contributed by atoms with Crippen LogP contribution in [0.2, 0.25) is 0 Å². The maximum atomic E-state index is 6.51. The fourth-order valence-electron chi connectivity index (χ4n) is 2.54. The van der Waals surface area contributed by atoms with Crippen molar-refractivity contribution in [3.8, 4) is 5.75 Å². The largest absolute Gasteiger partial charge is 0.493 e. The van der Waals surface area contributed by atoms with Crippen LogP contribution in [0.1, 0.15) is 48.3 Å². The Morgan fingerprint density at radius 2 is 1.81 bits per heavy atom. The summed E-state index contributed by atoms with van der Waals surface area (Å²) in [5.41, 5.74) is 10.8.